The molecule has 0 aromatic rings. The van der Waals surface area contributed by atoms with Gasteiger partial charge in [0.25, 0.3) is 0 Å². The molecule has 0 aromatic heterocycles. The molecule has 0 heterocycles. The summed E-state index contributed by atoms with van der Waals surface area (Å²) in [6.45, 7) is 12.2. The summed E-state index contributed by atoms with van der Waals surface area (Å²) >= 11 is 0. The fraction of sp³-hybridized carbons (Fsp3) is 0.830. The van der Waals surface area contributed by atoms with Crippen LogP contribution in [0.15, 0.2) is 4.99 Å². The monoisotopic (exact) mass is 923 g/mol. The van der Waals surface area contributed by atoms with E-state index in [9.17, 15) is 38.7 Å². The summed E-state index contributed by atoms with van der Waals surface area (Å²) in [7, 11) is 0. The second-order valence-electron chi connectivity index (χ2n) is 18.4. The Labute approximate surface area is 390 Å². The minimum Gasteiger partial charge on any atom is -0.394 e. The largest absolute Gasteiger partial charge is 0.394 e. The molecular weight excluding hydrogens is 833 g/mol. The summed E-state index contributed by atoms with van der Waals surface area (Å²) in [4.78, 5) is 95.7. The molecule has 6 atom stereocenters. The van der Waals surface area contributed by atoms with Gasteiger partial charge in [0.2, 0.25) is 41.4 Å². The third-order valence-corrected chi connectivity index (χ3v) is 11.4. The summed E-state index contributed by atoms with van der Waals surface area (Å²) in [5.74, 6) is -5.07. The van der Waals surface area contributed by atoms with Crippen molar-refractivity contribution in [1.29, 1.82) is 0 Å². The van der Waals surface area contributed by atoms with Crippen molar-refractivity contribution in [2.75, 3.05) is 19.7 Å². The highest BCUT2D eigenvalue weighted by molar-refractivity contribution is 5.96. The van der Waals surface area contributed by atoms with Crippen LogP contribution >= 0.6 is 0 Å². The summed E-state index contributed by atoms with van der Waals surface area (Å²) < 4.78 is 0. The minimum atomic E-state index is -1.28. The van der Waals surface area contributed by atoms with Gasteiger partial charge in [0, 0.05) is 13.0 Å². The number of carbonyl (C=O) groups is 7. The lowest BCUT2D eigenvalue weighted by Crippen LogP contribution is -2.59. The van der Waals surface area contributed by atoms with Crippen LogP contribution in [-0.2, 0) is 33.6 Å². The first-order valence-electron chi connectivity index (χ1n) is 24.6. The van der Waals surface area contributed by atoms with Crippen LogP contribution in [0.3, 0.4) is 0 Å². The molecule has 0 radical (unpaired) electrons. The molecule has 0 bridgehead atoms. The molecule has 0 aliphatic carbocycles. The molecule has 0 rings (SSSR count). The quantitative estimate of drug-likeness (QED) is 0.0243. The lowest BCUT2D eigenvalue weighted by molar-refractivity contribution is -0.135. The Morgan fingerprint density at radius 2 is 0.985 bits per heavy atom. The number of hydrogen-bond acceptors (Lipinski definition) is 9. The summed E-state index contributed by atoms with van der Waals surface area (Å²) in [5.41, 5.74) is 16.3. The molecular formula is C47H90N10O8. The Morgan fingerprint density at radius 1 is 0.523 bits per heavy atom. The van der Waals surface area contributed by atoms with E-state index in [0.717, 1.165) is 19.3 Å². The normalized spacial score (nSPS) is 14.0. The molecule has 65 heavy (non-hydrogen) atoms. The SMILES string of the molecule is CCCCCCCCCCCCCCCCCC(=O)N[C@@H](CO)C(=O)N[C@@H](CC(C)C)C(=O)N[C@H](C(=O)NCC(=O)N[C@@H](CCCN=C(N)N)C(=O)N[C@@H](CC(C)C)C(N)=O)[C@@H](C)CC. The zero-order valence-electron chi connectivity index (χ0n) is 41.1. The number of primary amides is 1. The zero-order valence-corrected chi connectivity index (χ0v) is 41.1. The standard InChI is InChI=1S/C47H90N10O8/c1-8-10-11-12-13-14-15-16-17-18-19-20-21-22-23-26-39(59)54-38(31-58)45(64)56-37(29-33(5)6)44(63)57-41(34(7)9-2)46(65)52-30-40(60)53-35(25-24-27-51-47(49)50)43(62)55-36(42(48)61)28-32(3)4/h32-38,41,58H,8-31H2,1-7H3,(H2,48,61)(H,52,65)(H,53,60)(H,54,59)(H,55,62)(H,56,64)(H,57,63)(H4,49,50,51)/t34-,35-,36-,37-,38-,41-/m0/s1. The van der Waals surface area contributed by atoms with Crippen molar-refractivity contribution < 1.29 is 38.7 Å². The van der Waals surface area contributed by atoms with Gasteiger partial charge in [0.1, 0.15) is 30.2 Å². The molecule has 0 fully saturated rings. The number of carbonyl (C=O) groups excluding carboxylic acids is 7. The van der Waals surface area contributed by atoms with Crippen LogP contribution in [0.5, 0.6) is 0 Å². The van der Waals surface area contributed by atoms with Gasteiger partial charge in [0.15, 0.2) is 5.96 Å². The molecule has 0 aromatic carbocycles. The Kier molecular flexibility index (Phi) is 34.2. The number of aliphatic imine (C=N–C) groups is 1. The molecule has 7 amide bonds. The maximum atomic E-state index is 13.7. The van der Waals surface area contributed by atoms with Crippen molar-refractivity contribution in [3.8, 4) is 0 Å². The number of unbranched alkanes of at least 4 members (excludes halogenated alkanes) is 14. The number of nitrogens with zero attached hydrogens (tertiary/aromatic N) is 1. The predicted octanol–water partition coefficient (Wildman–Crippen LogP) is 3.46. The van der Waals surface area contributed by atoms with E-state index >= 15 is 0 Å². The molecule has 18 heteroatoms. The zero-order chi connectivity index (χ0) is 49.2. The Morgan fingerprint density at radius 3 is 1.46 bits per heavy atom. The van der Waals surface area contributed by atoms with Gasteiger partial charge in [-0.3, -0.25) is 38.6 Å². The van der Waals surface area contributed by atoms with Gasteiger partial charge < -0.3 is 54.2 Å². The van der Waals surface area contributed by atoms with Gasteiger partial charge in [-0.05, 0) is 49.9 Å². The van der Waals surface area contributed by atoms with Gasteiger partial charge in [-0.15, -0.1) is 0 Å². The van der Waals surface area contributed by atoms with Crippen LogP contribution in [0.2, 0.25) is 0 Å². The Bertz CT molecular complexity index is 1420. The Balaban J connectivity index is 5.30. The first-order valence-corrected chi connectivity index (χ1v) is 24.6. The second-order valence-corrected chi connectivity index (χ2v) is 18.4. The van der Waals surface area contributed by atoms with E-state index in [4.69, 9.17) is 17.2 Å². The van der Waals surface area contributed by atoms with Crippen molar-refractivity contribution in [3.05, 3.63) is 0 Å². The smallest absolute Gasteiger partial charge is 0.245 e. The number of amides is 7. The number of rotatable bonds is 39. The highest BCUT2D eigenvalue weighted by Crippen LogP contribution is 2.15. The fourth-order valence-electron chi connectivity index (χ4n) is 7.33. The first-order chi connectivity index (χ1) is 30.9. The average molecular weight is 923 g/mol. The molecule has 0 saturated carbocycles. The fourth-order valence-corrected chi connectivity index (χ4v) is 7.33. The van der Waals surface area contributed by atoms with E-state index in [-0.39, 0.29) is 55.9 Å². The number of hydrogen-bond donors (Lipinski definition) is 10. The Hall–Kier alpha value is -4.48. The molecule has 0 spiro atoms. The van der Waals surface area contributed by atoms with Crippen molar-refractivity contribution in [3.63, 3.8) is 0 Å². The lowest BCUT2D eigenvalue weighted by Gasteiger charge is -2.28. The van der Waals surface area contributed by atoms with E-state index in [1.807, 2.05) is 34.6 Å². The topological polar surface area (TPSA) is 302 Å². The first kappa shape index (κ1) is 60.5. The molecule has 0 saturated heterocycles. The highest BCUT2D eigenvalue weighted by Gasteiger charge is 2.33. The maximum absolute atomic E-state index is 13.7. The van der Waals surface area contributed by atoms with Crippen LogP contribution in [0.25, 0.3) is 0 Å². The number of aliphatic hydroxyl groups excluding tert-OH is 1. The van der Waals surface area contributed by atoms with Gasteiger partial charge in [-0.25, -0.2) is 0 Å². The van der Waals surface area contributed by atoms with E-state index in [1.165, 1.54) is 70.6 Å². The van der Waals surface area contributed by atoms with Gasteiger partial charge in [-0.1, -0.05) is 145 Å². The molecule has 13 N–H and O–H groups in total. The van der Waals surface area contributed by atoms with Crippen molar-refractivity contribution in [2.24, 2.45) is 39.9 Å². The van der Waals surface area contributed by atoms with E-state index in [2.05, 4.69) is 43.8 Å². The highest BCUT2D eigenvalue weighted by atomic mass is 16.3. The lowest BCUT2D eigenvalue weighted by atomic mass is 9.96. The van der Waals surface area contributed by atoms with Crippen molar-refractivity contribution in [1.82, 2.24) is 31.9 Å². The van der Waals surface area contributed by atoms with Gasteiger partial charge >= 0.3 is 0 Å². The van der Waals surface area contributed by atoms with Crippen LogP contribution in [0.1, 0.15) is 183 Å². The van der Waals surface area contributed by atoms with E-state index in [0.29, 0.717) is 19.3 Å². The van der Waals surface area contributed by atoms with E-state index in [1.54, 1.807) is 6.92 Å². The number of guanidine groups is 1. The van der Waals surface area contributed by atoms with Gasteiger partial charge in [-0.2, -0.15) is 0 Å². The molecule has 18 nitrogen and oxygen atoms in total. The third-order valence-electron chi connectivity index (χ3n) is 11.4. The van der Waals surface area contributed by atoms with Crippen LogP contribution < -0.4 is 49.1 Å². The number of aliphatic hydroxyl groups is 1. The molecule has 0 aliphatic heterocycles. The third kappa shape index (κ3) is 30.4. The second kappa shape index (κ2) is 36.7. The summed E-state index contributed by atoms with van der Waals surface area (Å²) in [6.07, 6.45) is 19.6. The average Bonchev–Trinajstić information content (AvgIpc) is 3.24. The van der Waals surface area contributed by atoms with Gasteiger partial charge in [0.05, 0.1) is 13.2 Å². The predicted molar refractivity (Wildman–Crippen MR) is 257 cm³/mol. The van der Waals surface area contributed by atoms with Crippen LogP contribution in [-0.4, -0.2) is 102 Å². The molecule has 0 aliphatic rings. The van der Waals surface area contributed by atoms with Crippen LogP contribution in [0.4, 0.5) is 0 Å². The molecule has 376 valence electrons. The number of nitrogens with two attached hydrogens (primary N) is 3. The summed E-state index contributed by atoms with van der Waals surface area (Å²) in [6, 6.07) is -5.58. The maximum Gasteiger partial charge on any atom is 0.245 e. The summed E-state index contributed by atoms with van der Waals surface area (Å²) in [5, 5.41) is 25.8. The van der Waals surface area contributed by atoms with E-state index < -0.39 is 84.7 Å². The van der Waals surface area contributed by atoms with Crippen molar-refractivity contribution >= 4 is 47.3 Å². The molecule has 0 unspecified atom stereocenters. The van der Waals surface area contributed by atoms with Crippen molar-refractivity contribution in [2.45, 2.75) is 214 Å². The minimum absolute atomic E-state index is 0.0391. The van der Waals surface area contributed by atoms with Crippen LogP contribution in [0, 0.1) is 17.8 Å². The number of nitrogens with one attached hydrogen (secondary N) is 6.